The highest BCUT2D eigenvalue weighted by atomic mass is 35.5. The highest BCUT2D eigenvalue weighted by molar-refractivity contribution is 7.99. The van der Waals surface area contributed by atoms with Crippen molar-refractivity contribution in [1.82, 2.24) is 0 Å². The van der Waals surface area contributed by atoms with Gasteiger partial charge in [0.15, 0.2) is 0 Å². The van der Waals surface area contributed by atoms with Crippen LogP contribution in [0, 0.1) is 0 Å². The number of carbonyl (C=O) groups excluding carboxylic acids is 1. The molecule has 31 heavy (non-hydrogen) atoms. The second-order valence-corrected chi connectivity index (χ2v) is 9.31. The highest BCUT2D eigenvalue weighted by Crippen LogP contribution is 2.27. The van der Waals surface area contributed by atoms with Gasteiger partial charge in [0.25, 0.3) is 15.8 Å². The summed E-state index contributed by atoms with van der Waals surface area (Å²) in [7, 11) is -3.97. The molecule has 0 saturated heterocycles. The first kappa shape index (κ1) is 22.9. The van der Waals surface area contributed by atoms with Gasteiger partial charge in [-0.05, 0) is 60.7 Å². The third-order valence-electron chi connectivity index (χ3n) is 3.82. The van der Waals surface area contributed by atoms with Crippen LogP contribution in [0.5, 0.6) is 0 Å². The summed E-state index contributed by atoms with van der Waals surface area (Å²) >= 11 is 6.24. The number of sulfonamides is 1. The number of thioether (sulfide) groups is 1. The maximum atomic E-state index is 12.7. The fraction of sp³-hybridized carbons (Fsp3) is 0.0500. The van der Waals surface area contributed by atoms with E-state index in [4.69, 9.17) is 11.6 Å². The first-order valence-corrected chi connectivity index (χ1v) is 11.5. The van der Waals surface area contributed by atoms with Gasteiger partial charge in [0.05, 0.1) is 4.90 Å². The van der Waals surface area contributed by atoms with E-state index in [-0.39, 0.29) is 16.3 Å². The number of nitrogens with one attached hydrogen (secondary N) is 3. The van der Waals surface area contributed by atoms with Gasteiger partial charge in [0, 0.05) is 27.0 Å². The van der Waals surface area contributed by atoms with Crippen LogP contribution < -0.4 is 15.4 Å². The van der Waals surface area contributed by atoms with Crippen LogP contribution in [0.25, 0.3) is 0 Å². The molecule has 0 aromatic heterocycles. The Morgan fingerprint density at radius 1 is 0.871 bits per heavy atom. The van der Waals surface area contributed by atoms with Gasteiger partial charge >= 0.3 is 6.03 Å². The molecule has 3 N–H and O–H groups in total. The molecule has 6 nitrogen and oxygen atoms in total. The van der Waals surface area contributed by atoms with Crippen molar-refractivity contribution in [2.45, 2.75) is 15.5 Å². The molecule has 0 fully saturated rings. The van der Waals surface area contributed by atoms with Gasteiger partial charge in [-0.1, -0.05) is 35.5 Å². The van der Waals surface area contributed by atoms with Gasteiger partial charge in [-0.3, -0.25) is 4.72 Å². The second kappa shape index (κ2) is 9.99. The molecule has 0 saturated carbocycles. The van der Waals surface area contributed by atoms with Crippen LogP contribution in [0.15, 0.2) is 82.6 Å². The number of amides is 2. The molecule has 0 aliphatic heterocycles. The Labute approximate surface area is 187 Å². The zero-order valence-corrected chi connectivity index (χ0v) is 18.1. The van der Waals surface area contributed by atoms with E-state index in [1.165, 1.54) is 48.5 Å². The van der Waals surface area contributed by atoms with Crippen molar-refractivity contribution in [2.75, 3.05) is 15.4 Å². The molecule has 3 aromatic rings. The second-order valence-electron chi connectivity index (χ2n) is 6.13. The Morgan fingerprint density at radius 3 is 2.10 bits per heavy atom. The molecule has 0 aliphatic carbocycles. The summed E-state index contributed by atoms with van der Waals surface area (Å²) in [5.74, 6) is -2.56. The summed E-state index contributed by atoms with van der Waals surface area (Å²) in [5.41, 5.74) is 0.950. The van der Waals surface area contributed by atoms with Crippen LogP contribution in [0.4, 0.5) is 30.6 Å². The highest BCUT2D eigenvalue weighted by Gasteiger charge is 2.16. The lowest BCUT2D eigenvalue weighted by atomic mass is 10.3. The van der Waals surface area contributed by atoms with Crippen LogP contribution in [0.2, 0.25) is 5.02 Å². The van der Waals surface area contributed by atoms with E-state index in [1.807, 2.05) is 0 Å². The standard InChI is InChI=1S/C20H16ClF2N3O3S2/c21-13-3-1-4-15(11-13)24-20(27)25-16-5-2-6-18(12-16)31(28,29)26-14-7-9-17(10-8-14)30-19(22)23/h1-12,19,26H,(H2,24,25,27). The lowest BCUT2D eigenvalue weighted by Gasteiger charge is -2.11. The van der Waals surface area contributed by atoms with Crippen molar-refractivity contribution in [1.29, 1.82) is 0 Å². The molecule has 0 atom stereocenters. The first-order valence-electron chi connectivity index (χ1n) is 8.73. The molecule has 0 bridgehead atoms. The Balaban J connectivity index is 1.68. The number of rotatable bonds is 7. The van der Waals surface area contributed by atoms with Crippen molar-refractivity contribution in [3.63, 3.8) is 0 Å². The Bertz CT molecular complexity index is 1180. The quantitative estimate of drug-likeness (QED) is 0.354. The summed E-state index contributed by atoms with van der Waals surface area (Å²) in [6.07, 6.45) is 0. The molecular weight excluding hydrogens is 468 g/mol. The minimum absolute atomic E-state index is 0.0842. The molecule has 0 aliphatic rings. The molecule has 0 heterocycles. The van der Waals surface area contributed by atoms with E-state index >= 15 is 0 Å². The Morgan fingerprint density at radius 2 is 1.48 bits per heavy atom. The van der Waals surface area contributed by atoms with Crippen LogP contribution in [-0.2, 0) is 10.0 Å². The third-order valence-corrected chi connectivity index (χ3v) is 6.15. The zero-order valence-electron chi connectivity index (χ0n) is 15.7. The van der Waals surface area contributed by atoms with Gasteiger partial charge in [-0.15, -0.1) is 0 Å². The number of carbonyl (C=O) groups is 1. The summed E-state index contributed by atoms with van der Waals surface area (Å²) in [6.45, 7) is 0. The maximum absolute atomic E-state index is 12.7. The molecule has 3 rings (SSSR count). The molecule has 162 valence electrons. The van der Waals surface area contributed by atoms with Crippen LogP contribution in [0.3, 0.4) is 0 Å². The van der Waals surface area contributed by atoms with Crippen molar-refractivity contribution in [3.8, 4) is 0 Å². The largest absolute Gasteiger partial charge is 0.323 e. The van der Waals surface area contributed by atoms with E-state index in [1.54, 1.807) is 24.3 Å². The summed E-state index contributed by atoms with van der Waals surface area (Å²) in [6, 6.07) is 17.2. The Kier molecular flexibility index (Phi) is 7.37. The van der Waals surface area contributed by atoms with Gasteiger partial charge < -0.3 is 10.6 Å². The number of benzene rings is 3. The van der Waals surface area contributed by atoms with E-state index < -0.39 is 21.8 Å². The average Bonchev–Trinajstić information content (AvgIpc) is 2.69. The Hall–Kier alpha value is -2.82. The minimum atomic E-state index is -3.97. The minimum Gasteiger partial charge on any atom is -0.308 e. The number of alkyl halides is 2. The van der Waals surface area contributed by atoms with E-state index in [9.17, 15) is 22.0 Å². The normalized spacial score (nSPS) is 11.2. The fourth-order valence-corrected chi connectivity index (χ4v) is 4.31. The lowest BCUT2D eigenvalue weighted by Crippen LogP contribution is -2.20. The molecule has 2 amide bonds. The van der Waals surface area contributed by atoms with Gasteiger partial charge in [-0.2, -0.15) is 8.78 Å². The molecular formula is C20H16ClF2N3O3S2. The van der Waals surface area contributed by atoms with E-state index in [2.05, 4.69) is 15.4 Å². The monoisotopic (exact) mass is 483 g/mol. The average molecular weight is 484 g/mol. The lowest BCUT2D eigenvalue weighted by molar-refractivity contribution is 0.252. The fourth-order valence-electron chi connectivity index (χ4n) is 2.52. The third kappa shape index (κ3) is 6.84. The maximum Gasteiger partial charge on any atom is 0.323 e. The van der Waals surface area contributed by atoms with Crippen LogP contribution in [0.1, 0.15) is 0 Å². The number of hydrogen-bond acceptors (Lipinski definition) is 4. The molecule has 0 unspecified atom stereocenters. The van der Waals surface area contributed by atoms with Crippen molar-refractivity contribution in [2.24, 2.45) is 0 Å². The SMILES string of the molecule is O=C(Nc1cccc(Cl)c1)Nc1cccc(S(=O)(=O)Nc2ccc(SC(F)F)cc2)c1. The van der Waals surface area contributed by atoms with Crippen molar-refractivity contribution < 1.29 is 22.0 Å². The van der Waals surface area contributed by atoms with Crippen molar-refractivity contribution >= 4 is 56.5 Å². The first-order chi connectivity index (χ1) is 14.7. The number of urea groups is 1. The number of hydrogen-bond donors (Lipinski definition) is 3. The van der Waals surface area contributed by atoms with Crippen molar-refractivity contribution in [3.05, 3.63) is 77.8 Å². The molecule has 11 heteroatoms. The predicted molar refractivity (Wildman–Crippen MR) is 120 cm³/mol. The topological polar surface area (TPSA) is 87.3 Å². The van der Waals surface area contributed by atoms with Gasteiger partial charge in [-0.25, -0.2) is 13.2 Å². The van der Waals surface area contributed by atoms with Crippen LogP contribution in [-0.4, -0.2) is 20.2 Å². The van der Waals surface area contributed by atoms with Crippen LogP contribution >= 0.6 is 23.4 Å². The smallest absolute Gasteiger partial charge is 0.308 e. The number of anilines is 3. The molecule has 3 aromatic carbocycles. The van der Waals surface area contributed by atoms with E-state index in [0.717, 1.165) is 0 Å². The summed E-state index contributed by atoms with van der Waals surface area (Å²) in [4.78, 5) is 12.4. The van der Waals surface area contributed by atoms with E-state index in [0.29, 0.717) is 27.4 Å². The van der Waals surface area contributed by atoms with Gasteiger partial charge in [0.1, 0.15) is 0 Å². The number of halogens is 3. The van der Waals surface area contributed by atoms with Gasteiger partial charge in [0.2, 0.25) is 0 Å². The summed E-state index contributed by atoms with van der Waals surface area (Å²) in [5, 5.41) is 5.60. The summed E-state index contributed by atoms with van der Waals surface area (Å²) < 4.78 is 52.5. The predicted octanol–water partition coefficient (Wildman–Crippen LogP) is 6.10. The zero-order chi connectivity index (χ0) is 22.4. The molecule has 0 spiro atoms. The molecule has 0 radical (unpaired) electrons.